The van der Waals surface area contributed by atoms with Crippen molar-refractivity contribution in [2.24, 2.45) is 5.92 Å². The van der Waals surface area contributed by atoms with Crippen LogP contribution in [0.3, 0.4) is 0 Å². The van der Waals surface area contributed by atoms with Crippen LogP contribution in [0.25, 0.3) is 0 Å². The molecular formula is C13H21NO4. The minimum absolute atomic E-state index is 0.0153. The molecule has 3 fully saturated rings. The molecule has 5 heteroatoms. The second-order valence-electron chi connectivity index (χ2n) is 5.44. The summed E-state index contributed by atoms with van der Waals surface area (Å²) < 4.78 is 16.9. The zero-order valence-corrected chi connectivity index (χ0v) is 10.9. The van der Waals surface area contributed by atoms with Crippen LogP contribution in [0.2, 0.25) is 0 Å². The maximum absolute atomic E-state index is 12.5. The molecule has 3 aliphatic heterocycles. The smallest absolute Gasteiger partial charge is 0.228 e. The quantitative estimate of drug-likeness (QED) is 0.694. The van der Waals surface area contributed by atoms with Crippen molar-refractivity contribution in [2.75, 3.05) is 32.9 Å². The lowest BCUT2D eigenvalue weighted by atomic mass is 9.97. The van der Waals surface area contributed by atoms with Gasteiger partial charge in [-0.2, -0.15) is 0 Å². The molecule has 1 spiro atoms. The molecule has 3 rings (SSSR count). The summed E-state index contributed by atoms with van der Waals surface area (Å²) in [4.78, 5) is 14.4. The highest BCUT2D eigenvalue weighted by Crippen LogP contribution is 2.32. The van der Waals surface area contributed by atoms with Gasteiger partial charge in [0, 0.05) is 19.6 Å². The van der Waals surface area contributed by atoms with E-state index in [-0.39, 0.29) is 17.9 Å². The van der Waals surface area contributed by atoms with Crippen molar-refractivity contribution in [3.63, 3.8) is 0 Å². The minimum Gasteiger partial charge on any atom is -0.378 e. The molecule has 2 atom stereocenters. The Kier molecular flexibility index (Phi) is 3.30. The van der Waals surface area contributed by atoms with Crippen molar-refractivity contribution >= 4 is 5.91 Å². The Morgan fingerprint density at radius 2 is 2.06 bits per heavy atom. The van der Waals surface area contributed by atoms with Gasteiger partial charge in [0.2, 0.25) is 5.91 Å². The standard InChI is InChI=1S/C13H21NO4/c1-10-11(3-6-16-10)12(15)14-5-2-4-13(9-14)17-7-8-18-13/h10-11H,2-9H2,1H3. The number of ether oxygens (including phenoxy) is 3. The van der Waals surface area contributed by atoms with Crippen LogP contribution in [-0.2, 0) is 19.0 Å². The first-order chi connectivity index (χ1) is 8.70. The van der Waals surface area contributed by atoms with Gasteiger partial charge in [-0.25, -0.2) is 0 Å². The van der Waals surface area contributed by atoms with Gasteiger partial charge in [0.25, 0.3) is 0 Å². The molecule has 3 saturated heterocycles. The summed E-state index contributed by atoms with van der Waals surface area (Å²) >= 11 is 0. The molecule has 0 aromatic heterocycles. The highest BCUT2D eigenvalue weighted by molar-refractivity contribution is 5.79. The minimum atomic E-state index is -0.517. The van der Waals surface area contributed by atoms with Crippen LogP contribution in [0, 0.1) is 5.92 Å². The fourth-order valence-electron chi connectivity index (χ4n) is 3.20. The van der Waals surface area contributed by atoms with Crippen molar-refractivity contribution < 1.29 is 19.0 Å². The molecule has 2 unspecified atom stereocenters. The SMILES string of the molecule is CC1OCCC1C(=O)N1CCCC2(C1)OCCO2. The van der Waals surface area contributed by atoms with Gasteiger partial charge in [0.15, 0.2) is 5.79 Å². The van der Waals surface area contributed by atoms with Crippen molar-refractivity contribution in [3.05, 3.63) is 0 Å². The number of carbonyl (C=O) groups is 1. The van der Waals surface area contributed by atoms with Crippen molar-refractivity contribution in [3.8, 4) is 0 Å². The Hall–Kier alpha value is -0.650. The molecule has 1 amide bonds. The largest absolute Gasteiger partial charge is 0.378 e. The molecule has 102 valence electrons. The van der Waals surface area contributed by atoms with Crippen molar-refractivity contribution in [2.45, 2.75) is 38.1 Å². The average Bonchev–Trinajstić information content (AvgIpc) is 2.98. The van der Waals surface area contributed by atoms with E-state index in [4.69, 9.17) is 14.2 Å². The topological polar surface area (TPSA) is 48.0 Å². The lowest BCUT2D eigenvalue weighted by molar-refractivity contribution is -0.194. The predicted molar refractivity (Wildman–Crippen MR) is 64.0 cm³/mol. The Labute approximate surface area is 107 Å². The number of amides is 1. The Bertz CT molecular complexity index is 327. The third-order valence-corrected chi connectivity index (χ3v) is 4.24. The van der Waals surface area contributed by atoms with Crippen LogP contribution in [0.1, 0.15) is 26.2 Å². The molecule has 0 radical (unpaired) electrons. The van der Waals surface area contributed by atoms with Crippen LogP contribution in [-0.4, -0.2) is 55.6 Å². The average molecular weight is 255 g/mol. The van der Waals surface area contributed by atoms with Gasteiger partial charge < -0.3 is 19.1 Å². The van der Waals surface area contributed by atoms with Gasteiger partial charge in [0.05, 0.1) is 31.8 Å². The number of likely N-dealkylation sites (tertiary alicyclic amines) is 1. The monoisotopic (exact) mass is 255 g/mol. The lowest BCUT2D eigenvalue weighted by Crippen LogP contribution is -2.53. The summed E-state index contributed by atoms with van der Waals surface area (Å²) in [5.74, 6) is -0.295. The first kappa shape index (κ1) is 12.4. The van der Waals surface area contributed by atoms with E-state index >= 15 is 0 Å². The van der Waals surface area contributed by atoms with Crippen LogP contribution < -0.4 is 0 Å². The fourth-order valence-corrected chi connectivity index (χ4v) is 3.20. The number of hydrogen-bond acceptors (Lipinski definition) is 4. The number of rotatable bonds is 1. The van der Waals surface area contributed by atoms with E-state index in [0.29, 0.717) is 26.4 Å². The predicted octanol–water partition coefficient (Wildman–Crippen LogP) is 0.777. The lowest BCUT2D eigenvalue weighted by Gasteiger charge is -2.39. The molecule has 0 aromatic rings. The summed E-state index contributed by atoms with van der Waals surface area (Å²) in [6.45, 7) is 5.36. The molecular weight excluding hydrogens is 234 g/mol. The third kappa shape index (κ3) is 2.15. The summed E-state index contributed by atoms with van der Waals surface area (Å²) in [6, 6.07) is 0. The molecule has 0 saturated carbocycles. The van der Waals surface area contributed by atoms with Crippen molar-refractivity contribution in [1.82, 2.24) is 4.90 Å². The van der Waals surface area contributed by atoms with Gasteiger partial charge in [-0.15, -0.1) is 0 Å². The highest BCUT2D eigenvalue weighted by atomic mass is 16.7. The zero-order chi connectivity index (χ0) is 12.6. The Morgan fingerprint density at radius 3 is 2.72 bits per heavy atom. The van der Waals surface area contributed by atoms with Crippen LogP contribution in [0.5, 0.6) is 0 Å². The summed E-state index contributed by atoms with van der Waals surface area (Å²) in [6.07, 6.45) is 2.73. The second-order valence-corrected chi connectivity index (χ2v) is 5.44. The van der Waals surface area contributed by atoms with E-state index in [1.165, 1.54) is 0 Å². The molecule has 0 N–H and O–H groups in total. The Morgan fingerprint density at radius 1 is 1.28 bits per heavy atom. The second kappa shape index (κ2) is 4.79. The summed E-state index contributed by atoms with van der Waals surface area (Å²) in [5, 5.41) is 0. The van der Waals surface area contributed by atoms with E-state index < -0.39 is 5.79 Å². The van der Waals surface area contributed by atoms with Gasteiger partial charge in [0.1, 0.15) is 0 Å². The first-order valence-electron chi connectivity index (χ1n) is 6.88. The third-order valence-electron chi connectivity index (χ3n) is 4.24. The molecule has 5 nitrogen and oxygen atoms in total. The molecule has 0 aliphatic carbocycles. The number of nitrogens with zero attached hydrogens (tertiary/aromatic N) is 1. The number of carbonyl (C=O) groups excluding carboxylic acids is 1. The maximum atomic E-state index is 12.5. The van der Waals surface area contributed by atoms with E-state index in [9.17, 15) is 4.79 Å². The highest BCUT2D eigenvalue weighted by Gasteiger charge is 2.44. The number of hydrogen-bond donors (Lipinski definition) is 0. The van der Waals surface area contributed by atoms with E-state index in [0.717, 1.165) is 25.8 Å². The van der Waals surface area contributed by atoms with Gasteiger partial charge in [-0.1, -0.05) is 0 Å². The van der Waals surface area contributed by atoms with E-state index in [1.807, 2.05) is 11.8 Å². The number of piperidine rings is 1. The van der Waals surface area contributed by atoms with Gasteiger partial charge in [-0.05, 0) is 19.8 Å². The zero-order valence-electron chi connectivity index (χ0n) is 10.9. The van der Waals surface area contributed by atoms with E-state index in [1.54, 1.807) is 0 Å². The summed E-state index contributed by atoms with van der Waals surface area (Å²) in [5.41, 5.74) is 0. The van der Waals surface area contributed by atoms with Crippen LogP contribution in [0.15, 0.2) is 0 Å². The Balaban J connectivity index is 1.66. The molecule has 0 bridgehead atoms. The molecule has 18 heavy (non-hydrogen) atoms. The van der Waals surface area contributed by atoms with Gasteiger partial charge in [-0.3, -0.25) is 4.79 Å². The molecule has 3 heterocycles. The van der Waals surface area contributed by atoms with Crippen molar-refractivity contribution in [1.29, 1.82) is 0 Å². The summed E-state index contributed by atoms with van der Waals surface area (Å²) in [7, 11) is 0. The normalized spacial score (nSPS) is 35.3. The fraction of sp³-hybridized carbons (Fsp3) is 0.923. The molecule has 0 aromatic carbocycles. The maximum Gasteiger partial charge on any atom is 0.228 e. The van der Waals surface area contributed by atoms with Crippen LogP contribution in [0.4, 0.5) is 0 Å². The van der Waals surface area contributed by atoms with E-state index in [2.05, 4.69) is 0 Å². The molecule has 3 aliphatic rings. The van der Waals surface area contributed by atoms with Gasteiger partial charge >= 0.3 is 0 Å². The van der Waals surface area contributed by atoms with Crippen LogP contribution >= 0.6 is 0 Å². The first-order valence-corrected chi connectivity index (χ1v) is 6.88.